The molecule has 0 aliphatic heterocycles. The molecule has 0 fully saturated rings. The fourth-order valence-electron chi connectivity index (χ4n) is 4.82. The molecular weight excluding hydrogens is 603 g/mol. The van der Waals surface area contributed by atoms with Crippen LogP contribution in [0.5, 0.6) is 0 Å². The van der Waals surface area contributed by atoms with Gasteiger partial charge in [-0.3, -0.25) is 14.2 Å². The van der Waals surface area contributed by atoms with Crippen LogP contribution in [0.25, 0.3) is 15.9 Å². The normalized spacial score (nSPS) is 12.9. The average molecular weight is 628 g/mol. The number of anilines is 1. The molecule has 5 aromatic rings. The molecular formula is C29H24Cl2N4O2S3. The number of hydrogen-bond donors (Lipinski definition) is 1. The highest BCUT2D eigenvalue weighted by molar-refractivity contribution is 7.99. The van der Waals surface area contributed by atoms with Crippen molar-refractivity contribution in [3.63, 3.8) is 0 Å². The Hall–Kier alpha value is -2.69. The fourth-order valence-corrected chi connectivity index (χ4v) is 8.30. The minimum atomic E-state index is -0.143. The molecule has 1 N–H and O–H groups in total. The average Bonchev–Trinajstić information content (AvgIpc) is 3.55. The molecule has 0 spiro atoms. The number of halogens is 2. The van der Waals surface area contributed by atoms with E-state index in [1.807, 2.05) is 36.4 Å². The lowest BCUT2D eigenvalue weighted by molar-refractivity contribution is -0.115. The number of thioether (sulfide) groups is 1. The van der Waals surface area contributed by atoms with Crippen LogP contribution in [-0.4, -0.2) is 26.2 Å². The number of fused-ring (bicyclic) bond motifs is 3. The first-order valence-corrected chi connectivity index (χ1v) is 16.3. The van der Waals surface area contributed by atoms with Gasteiger partial charge in [0.05, 0.1) is 11.1 Å². The molecule has 0 unspecified atom stereocenters. The molecule has 0 saturated heterocycles. The molecule has 0 bridgehead atoms. The highest BCUT2D eigenvalue weighted by Gasteiger charge is 2.23. The van der Waals surface area contributed by atoms with Crippen molar-refractivity contribution < 1.29 is 4.79 Å². The van der Waals surface area contributed by atoms with Gasteiger partial charge in [0, 0.05) is 44.6 Å². The molecule has 3 heterocycles. The van der Waals surface area contributed by atoms with E-state index in [4.69, 9.17) is 28.2 Å². The van der Waals surface area contributed by atoms with Gasteiger partial charge in [0.25, 0.3) is 5.56 Å². The molecule has 3 aromatic heterocycles. The van der Waals surface area contributed by atoms with E-state index < -0.39 is 0 Å². The van der Waals surface area contributed by atoms with Crippen LogP contribution >= 0.6 is 57.6 Å². The molecule has 1 aliphatic carbocycles. The van der Waals surface area contributed by atoms with Gasteiger partial charge in [0.2, 0.25) is 5.91 Å². The first-order chi connectivity index (χ1) is 19.5. The van der Waals surface area contributed by atoms with Gasteiger partial charge in [-0.05, 0) is 67.1 Å². The number of benzene rings is 2. The first kappa shape index (κ1) is 27.5. The Bertz CT molecular complexity index is 1760. The molecule has 1 aliphatic rings. The van der Waals surface area contributed by atoms with Crippen molar-refractivity contribution in [3.8, 4) is 5.69 Å². The summed E-state index contributed by atoms with van der Waals surface area (Å²) in [7, 11) is 0. The lowest BCUT2D eigenvalue weighted by Gasteiger charge is -2.13. The van der Waals surface area contributed by atoms with E-state index in [2.05, 4.69) is 10.3 Å². The molecule has 11 heteroatoms. The van der Waals surface area contributed by atoms with Crippen molar-refractivity contribution in [1.82, 2.24) is 14.5 Å². The number of aromatic nitrogens is 3. The third-order valence-electron chi connectivity index (χ3n) is 6.71. The van der Waals surface area contributed by atoms with Crippen LogP contribution in [0.15, 0.2) is 64.7 Å². The number of carbonyl (C=O) groups excluding carboxylic acids is 1. The molecule has 6 nitrogen and oxygen atoms in total. The predicted molar refractivity (Wildman–Crippen MR) is 167 cm³/mol. The minimum Gasteiger partial charge on any atom is -0.302 e. The van der Waals surface area contributed by atoms with Gasteiger partial charge in [-0.15, -0.1) is 22.7 Å². The highest BCUT2D eigenvalue weighted by Crippen LogP contribution is 2.35. The SMILES string of the molecule is O=C(CCSc1nc2sc3c(c2c(=O)n1-c1ccccc1)CCCC3)Nc1ncc(Cc2cc(Cl)ccc2Cl)s1. The van der Waals surface area contributed by atoms with Crippen LogP contribution in [0.4, 0.5) is 5.13 Å². The summed E-state index contributed by atoms with van der Waals surface area (Å²) in [5, 5.41) is 6.05. The number of nitrogens with one attached hydrogen (secondary N) is 1. The number of hydrogen-bond acceptors (Lipinski definition) is 7. The third kappa shape index (κ3) is 5.85. The van der Waals surface area contributed by atoms with E-state index in [1.54, 1.807) is 34.2 Å². The summed E-state index contributed by atoms with van der Waals surface area (Å²) < 4.78 is 1.70. The fraction of sp³-hybridized carbons (Fsp3) is 0.241. The molecule has 0 radical (unpaired) electrons. The summed E-state index contributed by atoms with van der Waals surface area (Å²) in [5.74, 6) is 0.327. The molecule has 2 aromatic carbocycles. The smallest absolute Gasteiger partial charge is 0.267 e. The van der Waals surface area contributed by atoms with E-state index >= 15 is 0 Å². The maximum Gasteiger partial charge on any atom is 0.267 e. The Morgan fingerprint density at radius 2 is 1.90 bits per heavy atom. The van der Waals surface area contributed by atoms with Gasteiger partial charge in [0.1, 0.15) is 4.83 Å². The van der Waals surface area contributed by atoms with Gasteiger partial charge in [-0.25, -0.2) is 9.97 Å². The van der Waals surface area contributed by atoms with Crippen LogP contribution in [-0.2, 0) is 24.1 Å². The number of para-hydroxylation sites is 1. The van der Waals surface area contributed by atoms with E-state index in [9.17, 15) is 9.59 Å². The topological polar surface area (TPSA) is 76.9 Å². The van der Waals surface area contributed by atoms with Crippen LogP contribution in [0.3, 0.4) is 0 Å². The Morgan fingerprint density at radius 1 is 1.07 bits per heavy atom. The second-order valence-electron chi connectivity index (χ2n) is 9.45. The first-order valence-electron chi connectivity index (χ1n) is 12.9. The van der Waals surface area contributed by atoms with Gasteiger partial charge >= 0.3 is 0 Å². The third-order valence-corrected chi connectivity index (χ3v) is 10.3. The van der Waals surface area contributed by atoms with E-state index in [-0.39, 0.29) is 17.9 Å². The quantitative estimate of drug-likeness (QED) is 0.140. The molecule has 6 rings (SSSR count). The van der Waals surface area contributed by atoms with Crippen molar-refractivity contribution in [2.24, 2.45) is 0 Å². The summed E-state index contributed by atoms with van der Waals surface area (Å²) in [6.07, 6.45) is 6.77. The van der Waals surface area contributed by atoms with Crippen LogP contribution in [0.1, 0.15) is 40.1 Å². The zero-order valence-corrected chi connectivity index (χ0v) is 25.2. The summed E-state index contributed by atoms with van der Waals surface area (Å²) >= 11 is 16.9. The maximum absolute atomic E-state index is 13.8. The number of thiophene rings is 1. The number of thiazole rings is 1. The Labute approximate surface area is 253 Å². The second kappa shape index (κ2) is 12.0. The lowest BCUT2D eigenvalue weighted by atomic mass is 9.97. The summed E-state index contributed by atoms with van der Waals surface area (Å²) in [4.78, 5) is 38.9. The number of nitrogens with zero attached hydrogens (tertiary/aromatic N) is 3. The van der Waals surface area contributed by atoms with E-state index in [0.29, 0.717) is 32.5 Å². The van der Waals surface area contributed by atoms with Crippen molar-refractivity contribution in [2.45, 2.75) is 43.7 Å². The largest absolute Gasteiger partial charge is 0.302 e. The molecule has 0 atom stereocenters. The number of amides is 1. The van der Waals surface area contributed by atoms with Crippen LogP contribution in [0, 0.1) is 0 Å². The van der Waals surface area contributed by atoms with Crippen LogP contribution in [0.2, 0.25) is 10.0 Å². The Morgan fingerprint density at radius 3 is 2.75 bits per heavy atom. The van der Waals surface area contributed by atoms with Crippen molar-refractivity contribution in [2.75, 3.05) is 11.1 Å². The highest BCUT2D eigenvalue weighted by atomic mass is 35.5. The van der Waals surface area contributed by atoms with E-state index in [0.717, 1.165) is 52.0 Å². The van der Waals surface area contributed by atoms with Gasteiger partial charge in [0.15, 0.2) is 10.3 Å². The number of carbonyl (C=O) groups is 1. The van der Waals surface area contributed by atoms with Crippen LogP contribution < -0.4 is 10.9 Å². The van der Waals surface area contributed by atoms with Gasteiger partial charge in [-0.2, -0.15) is 0 Å². The van der Waals surface area contributed by atoms with Crippen molar-refractivity contribution in [1.29, 1.82) is 0 Å². The zero-order valence-electron chi connectivity index (χ0n) is 21.3. The summed E-state index contributed by atoms with van der Waals surface area (Å²) in [6, 6.07) is 15.0. The van der Waals surface area contributed by atoms with Gasteiger partial charge < -0.3 is 5.32 Å². The molecule has 1 amide bonds. The standard InChI is InChI=1S/C29H24Cl2N4O2S3/c30-18-10-11-22(31)17(14-18)15-20-16-32-28(39-20)33-24(36)12-13-38-29-34-26-25(21-8-4-5-9-23(21)40-26)27(37)35(29)19-6-2-1-3-7-19/h1-3,6-7,10-11,14,16H,4-5,8-9,12-13,15H2,(H,32,33,36). The zero-order chi connectivity index (χ0) is 27.6. The Kier molecular flexibility index (Phi) is 8.27. The minimum absolute atomic E-state index is 0.0299. The van der Waals surface area contributed by atoms with Gasteiger partial charge in [-0.1, -0.05) is 53.2 Å². The number of aryl methyl sites for hydroxylation is 2. The summed E-state index contributed by atoms with van der Waals surface area (Å²) in [6.45, 7) is 0. The second-order valence-corrected chi connectivity index (χ2v) is 13.6. The van der Waals surface area contributed by atoms with Crippen molar-refractivity contribution >= 4 is 78.9 Å². The Balaban J connectivity index is 1.16. The van der Waals surface area contributed by atoms with E-state index in [1.165, 1.54) is 33.5 Å². The van der Waals surface area contributed by atoms with Crippen molar-refractivity contribution in [3.05, 3.63) is 96.0 Å². The maximum atomic E-state index is 13.8. The lowest BCUT2D eigenvalue weighted by Crippen LogP contribution is -2.22. The predicted octanol–water partition coefficient (Wildman–Crippen LogP) is 7.80. The number of rotatable bonds is 8. The summed E-state index contributed by atoms with van der Waals surface area (Å²) in [5.41, 5.74) is 2.83. The molecule has 0 saturated carbocycles. The molecule has 40 heavy (non-hydrogen) atoms. The monoisotopic (exact) mass is 626 g/mol. The molecule has 204 valence electrons.